The molecule has 0 aromatic heterocycles. The molecule has 0 amide bonds. The number of halogens is 1. The molecule has 1 aliphatic carbocycles. The van der Waals surface area contributed by atoms with Crippen LogP contribution < -0.4 is 5.73 Å². The normalized spacial score (nSPS) is 17.9. The first-order valence-electron chi connectivity index (χ1n) is 10.8. The Bertz CT molecular complexity index is 364. The topological polar surface area (TPSA) is 63.3 Å². The first-order chi connectivity index (χ1) is 12.6. The molecule has 26 heavy (non-hydrogen) atoms. The van der Waals surface area contributed by atoms with Crippen LogP contribution in [0.2, 0.25) is 0 Å². The first kappa shape index (κ1) is 24.5. The fraction of sp³-hybridized carbons (Fsp3) is 0.952. The minimum atomic E-state index is -0.678. The third kappa shape index (κ3) is 12.8. The third-order valence-corrected chi connectivity index (χ3v) is 7.74. The molecule has 0 aromatic carbocycles. The molecule has 1 fully saturated rings. The van der Waals surface area contributed by atoms with E-state index in [4.69, 9.17) is 10.8 Å². The average Bonchev–Trinajstić information content (AvgIpc) is 2.63. The molecule has 0 aromatic rings. The second-order valence-corrected chi connectivity index (χ2v) is 10.8. The lowest BCUT2D eigenvalue weighted by atomic mass is 9.81. The fourth-order valence-electron chi connectivity index (χ4n) is 4.32. The Kier molecular flexibility index (Phi) is 14.6. The van der Waals surface area contributed by atoms with E-state index in [1.807, 2.05) is 8.93 Å². The van der Waals surface area contributed by atoms with Crippen molar-refractivity contribution in [1.29, 1.82) is 0 Å². The Morgan fingerprint density at radius 2 is 1.58 bits per heavy atom. The van der Waals surface area contributed by atoms with Crippen molar-refractivity contribution in [3.05, 3.63) is 0 Å². The Morgan fingerprint density at radius 3 is 2.19 bits per heavy atom. The van der Waals surface area contributed by atoms with E-state index in [9.17, 15) is 4.79 Å². The molecule has 154 valence electrons. The SMILES string of the molecule is NC(CCCCCC(=O)O)(CCCCSI)CCCCC1CCCCC1. The number of rotatable bonds is 16. The summed E-state index contributed by atoms with van der Waals surface area (Å²) in [6.07, 6.45) is 20.2. The molecular weight excluding hydrogens is 457 g/mol. The van der Waals surface area contributed by atoms with Crippen LogP contribution in [0.4, 0.5) is 0 Å². The highest BCUT2D eigenvalue weighted by Gasteiger charge is 2.24. The number of unbranched alkanes of at least 4 members (excludes halogenated alkanes) is 4. The molecule has 1 aliphatic rings. The summed E-state index contributed by atoms with van der Waals surface area (Å²) in [6, 6.07) is 0. The van der Waals surface area contributed by atoms with E-state index in [0.29, 0.717) is 6.42 Å². The first-order valence-corrected chi connectivity index (χ1v) is 14.3. The molecule has 0 saturated heterocycles. The Labute approximate surface area is 177 Å². The second kappa shape index (κ2) is 15.4. The van der Waals surface area contributed by atoms with Crippen molar-refractivity contribution in [2.45, 2.75) is 115 Å². The van der Waals surface area contributed by atoms with Gasteiger partial charge < -0.3 is 10.8 Å². The number of carboxylic acid groups (broad SMARTS) is 1. The molecular formula is C21H40INO2S. The van der Waals surface area contributed by atoms with Gasteiger partial charge in [-0.05, 0) is 59.2 Å². The molecule has 0 spiro atoms. The zero-order valence-electron chi connectivity index (χ0n) is 16.5. The highest BCUT2D eigenvalue weighted by atomic mass is 127. The summed E-state index contributed by atoms with van der Waals surface area (Å²) >= 11 is 2.37. The number of hydrogen-bond donors (Lipinski definition) is 2. The van der Waals surface area contributed by atoms with Crippen LogP contribution in [0.3, 0.4) is 0 Å². The monoisotopic (exact) mass is 497 g/mol. The minimum absolute atomic E-state index is 0.0221. The summed E-state index contributed by atoms with van der Waals surface area (Å²) < 4.78 is 0. The second-order valence-electron chi connectivity index (χ2n) is 8.34. The Morgan fingerprint density at radius 1 is 0.962 bits per heavy atom. The van der Waals surface area contributed by atoms with Gasteiger partial charge in [-0.2, -0.15) is 0 Å². The summed E-state index contributed by atoms with van der Waals surface area (Å²) in [7, 11) is 1.89. The van der Waals surface area contributed by atoms with Gasteiger partial charge in [-0.3, -0.25) is 4.79 Å². The van der Waals surface area contributed by atoms with Crippen molar-refractivity contribution >= 4 is 36.1 Å². The minimum Gasteiger partial charge on any atom is -0.481 e. The van der Waals surface area contributed by atoms with E-state index in [1.54, 1.807) is 0 Å². The van der Waals surface area contributed by atoms with E-state index in [1.165, 1.54) is 70.0 Å². The van der Waals surface area contributed by atoms with Gasteiger partial charge in [0.2, 0.25) is 0 Å². The van der Waals surface area contributed by atoms with E-state index in [0.717, 1.165) is 44.4 Å². The van der Waals surface area contributed by atoms with E-state index in [2.05, 4.69) is 21.2 Å². The summed E-state index contributed by atoms with van der Waals surface area (Å²) in [5, 5.41) is 8.76. The lowest BCUT2D eigenvalue weighted by Gasteiger charge is -2.30. The van der Waals surface area contributed by atoms with Crippen LogP contribution in [-0.4, -0.2) is 22.4 Å². The predicted molar refractivity (Wildman–Crippen MR) is 123 cm³/mol. The summed E-state index contributed by atoms with van der Waals surface area (Å²) in [6.45, 7) is 0. The van der Waals surface area contributed by atoms with Gasteiger partial charge in [-0.1, -0.05) is 79.6 Å². The Hall–Kier alpha value is 0.510. The highest BCUT2D eigenvalue weighted by Crippen LogP contribution is 2.30. The van der Waals surface area contributed by atoms with Crippen molar-refractivity contribution in [3.8, 4) is 0 Å². The van der Waals surface area contributed by atoms with Gasteiger partial charge in [0.25, 0.3) is 0 Å². The van der Waals surface area contributed by atoms with Gasteiger partial charge in [0.1, 0.15) is 0 Å². The van der Waals surface area contributed by atoms with Crippen LogP contribution in [-0.2, 0) is 4.79 Å². The van der Waals surface area contributed by atoms with Crippen LogP contribution in [0.1, 0.15) is 109 Å². The molecule has 5 heteroatoms. The average molecular weight is 498 g/mol. The molecule has 1 atom stereocenters. The van der Waals surface area contributed by atoms with Crippen LogP contribution in [0.25, 0.3) is 0 Å². The van der Waals surface area contributed by atoms with Crippen molar-refractivity contribution < 1.29 is 9.90 Å². The number of carbonyl (C=O) groups is 1. The highest BCUT2D eigenvalue weighted by molar-refractivity contribution is 14.2. The van der Waals surface area contributed by atoms with E-state index >= 15 is 0 Å². The zero-order chi connectivity index (χ0) is 19.1. The fourth-order valence-corrected chi connectivity index (χ4v) is 5.57. The lowest BCUT2D eigenvalue weighted by Crippen LogP contribution is -2.39. The van der Waals surface area contributed by atoms with Gasteiger partial charge in [0.15, 0.2) is 0 Å². The summed E-state index contributed by atoms with van der Waals surface area (Å²) in [5.41, 5.74) is 6.79. The molecule has 1 unspecified atom stereocenters. The summed E-state index contributed by atoms with van der Waals surface area (Å²) in [5.74, 6) is 1.52. The standard InChI is InChI=1S/C21H40INO2S/c22-26-18-10-9-17-21(23,15-7-2-5-14-20(24)25)16-8-6-13-19-11-3-1-4-12-19/h19H,1-18,23H2,(H,24,25). The molecule has 0 aliphatic heterocycles. The van der Waals surface area contributed by atoms with Gasteiger partial charge >= 0.3 is 5.97 Å². The molecule has 3 nitrogen and oxygen atoms in total. The van der Waals surface area contributed by atoms with Gasteiger partial charge in [-0.15, -0.1) is 0 Å². The molecule has 1 rings (SSSR count). The number of nitrogens with two attached hydrogens (primary N) is 1. The van der Waals surface area contributed by atoms with Crippen LogP contribution in [0, 0.1) is 5.92 Å². The smallest absolute Gasteiger partial charge is 0.303 e. The number of carboxylic acids is 1. The molecule has 0 heterocycles. The molecule has 3 N–H and O–H groups in total. The van der Waals surface area contributed by atoms with E-state index in [-0.39, 0.29) is 5.54 Å². The predicted octanol–water partition coefficient (Wildman–Crippen LogP) is 7.11. The van der Waals surface area contributed by atoms with Crippen molar-refractivity contribution in [3.63, 3.8) is 0 Å². The largest absolute Gasteiger partial charge is 0.481 e. The van der Waals surface area contributed by atoms with Crippen molar-refractivity contribution in [1.82, 2.24) is 0 Å². The molecule has 1 saturated carbocycles. The lowest BCUT2D eigenvalue weighted by molar-refractivity contribution is -0.137. The quantitative estimate of drug-likeness (QED) is 0.176. The third-order valence-electron chi connectivity index (χ3n) is 5.97. The van der Waals surface area contributed by atoms with Gasteiger partial charge in [0, 0.05) is 17.7 Å². The van der Waals surface area contributed by atoms with Crippen LogP contribution >= 0.6 is 30.1 Å². The van der Waals surface area contributed by atoms with Gasteiger partial charge in [-0.25, -0.2) is 0 Å². The molecule has 0 bridgehead atoms. The Balaban J connectivity index is 2.26. The maximum Gasteiger partial charge on any atom is 0.303 e. The van der Waals surface area contributed by atoms with Crippen molar-refractivity contribution in [2.24, 2.45) is 11.7 Å². The van der Waals surface area contributed by atoms with Gasteiger partial charge in [0.05, 0.1) is 0 Å². The zero-order valence-corrected chi connectivity index (χ0v) is 19.5. The molecule has 0 radical (unpaired) electrons. The number of aliphatic carboxylic acids is 1. The number of hydrogen-bond acceptors (Lipinski definition) is 3. The maximum absolute atomic E-state index is 10.6. The summed E-state index contributed by atoms with van der Waals surface area (Å²) in [4.78, 5) is 10.6. The van der Waals surface area contributed by atoms with Crippen molar-refractivity contribution in [2.75, 3.05) is 5.75 Å². The van der Waals surface area contributed by atoms with Crippen LogP contribution in [0.5, 0.6) is 0 Å². The van der Waals surface area contributed by atoms with E-state index < -0.39 is 5.97 Å². The maximum atomic E-state index is 10.6. The van der Waals surface area contributed by atoms with Crippen LogP contribution in [0.15, 0.2) is 0 Å².